The van der Waals surface area contributed by atoms with Gasteiger partial charge in [-0.2, -0.15) is 0 Å². The lowest BCUT2D eigenvalue weighted by molar-refractivity contribution is -0.118. The number of aryl methyl sites for hydroxylation is 2. The van der Waals surface area contributed by atoms with Gasteiger partial charge in [0.05, 0.1) is 0 Å². The molecule has 32 heavy (non-hydrogen) atoms. The van der Waals surface area contributed by atoms with Crippen molar-refractivity contribution in [3.05, 3.63) is 53.6 Å². The zero-order valence-corrected chi connectivity index (χ0v) is 19.2. The minimum atomic E-state index is -0.596. The SMILES string of the molecule is Cc1ccc(OCC(=O)Nc2cccc(NC(=O)CCNC(=O)OC(C)(C)C)c2)cc1C. The maximum atomic E-state index is 12.2. The van der Waals surface area contributed by atoms with E-state index in [1.165, 1.54) is 0 Å². The molecule has 2 aromatic rings. The van der Waals surface area contributed by atoms with E-state index in [0.29, 0.717) is 17.1 Å². The first kappa shape index (κ1) is 24.7. The molecule has 2 rings (SSSR count). The van der Waals surface area contributed by atoms with Gasteiger partial charge < -0.3 is 25.4 Å². The second-order valence-electron chi connectivity index (χ2n) is 8.39. The van der Waals surface area contributed by atoms with Crippen molar-refractivity contribution < 1.29 is 23.9 Å². The van der Waals surface area contributed by atoms with Gasteiger partial charge in [0.1, 0.15) is 11.4 Å². The monoisotopic (exact) mass is 441 g/mol. The highest BCUT2D eigenvalue weighted by Gasteiger charge is 2.16. The van der Waals surface area contributed by atoms with Gasteiger partial charge in [-0.05, 0) is 76.1 Å². The van der Waals surface area contributed by atoms with Crippen molar-refractivity contribution in [3.8, 4) is 5.75 Å². The van der Waals surface area contributed by atoms with Gasteiger partial charge in [0.15, 0.2) is 6.61 Å². The molecule has 0 bridgehead atoms. The van der Waals surface area contributed by atoms with Crippen LogP contribution in [0.5, 0.6) is 5.75 Å². The Morgan fingerprint density at radius 1 is 0.875 bits per heavy atom. The summed E-state index contributed by atoms with van der Waals surface area (Å²) in [7, 11) is 0. The van der Waals surface area contributed by atoms with Crippen LogP contribution in [0.1, 0.15) is 38.3 Å². The Balaban J connectivity index is 1.78. The first-order valence-corrected chi connectivity index (χ1v) is 10.4. The molecule has 0 spiro atoms. The molecular formula is C24H31N3O5. The van der Waals surface area contributed by atoms with Gasteiger partial charge in [0.25, 0.3) is 5.91 Å². The fourth-order valence-electron chi connectivity index (χ4n) is 2.64. The van der Waals surface area contributed by atoms with Gasteiger partial charge in [-0.25, -0.2) is 4.79 Å². The Hall–Kier alpha value is -3.55. The molecule has 0 aromatic heterocycles. The van der Waals surface area contributed by atoms with E-state index in [4.69, 9.17) is 9.47 Å². The van der Waals surface area contributed by atoms with E-state index >= 15 is 0 Å². The summed E-state index contributed by atoms with van der Waals surface area (Å²) < 4.78 is 10.7. The molecule has 0 unspecified atom stereocenters. The maximum Gasteiger partial charge on any atom is 0.407 e. The van der Waals surface area contributed by atoms with Crippen molar-refractivity contribution in [1.82, 2.24) is 5.32 Å². The van der Waals surface area contributed by atoms with Crippen LogP contribution in [0, 0.1) is 13.8 Å². The third-order valence-corrected chi connectivity index (χ3v) is 4.30. The van der Waals surface area contributed by atoms with E-state index in [1.807, 2.05) is 32.0 Å². The highest BCUT2D eigenvalue weighted by molar-refractivity contribution is 5.94. The summed E-state index contributed by atoms with van der Waals surface area (Å²) in [6.45, 7) is 9.30. The van der Waals surface area contributed by atoms with Gasteiger partial charge in [0.2, 0.25) is 5.91 Å². The Morgan fingerprint density at radius 2 is 1.53 bits per heavy atom. The second-order valence-corrected chi connectivity index (χ2v) is 8.39. The quantitative estimate of drug-likeness (QED) is 0.570. The number of alkyl carbamates (subject to hydrolysis) is 1. The Morgan fingerprint density at radius 3 is 2.16 bits per heavy atom. The molecule has 0 aliphatic carbocycles. The van der Waals surface area contributed by atoms with Crippen LogP contribution in [0.2, 0.25) is 0 Å². The molecule has 0 saturated carbocycles. The first-order valence-electron chi connectivity index (χ1n) is 10.4. The van der Waals surface area contributed by atoms with Gasteiger partial charge in [0, 0.05) is 24.3 Å². The summed E-state index contributed by atoms with van der Waals surface area (Å²) in [5.74, 6) is 0.0418. The van der Waals surface area contributed by atoms with Crippen molar-refractivity contribution >= 4 is 29.3 Å². The number of anilines is 2. The van der Waals surface area contributed by atoms with Gasteiger partial charge >= 0.3 is 6.09 Å². The lowest BCUT2D eigenvalue weighted by Crippen LogP contribution is -2.34. The number of hydrogen-bond acceptors (Lipinski definition) is 5. The maximum absolute atomic E-state index is 12.2. The average molecular weight is 442 g/mol. The number of amides is 3. The summed E-state index contributed by atoms with van der Waals surface area (Å²) in [5.41, 5.74) is 2.71. The van der Waals surface area contributed by atoms with Crippen LogP contribution in [0.15, 0.2) is 42.5 Å². The van der Waals surface area contributed by atoms with Crippen LogP contribution in [-0.2, 0) is 14.3 Å². The van der Waals surface area contributed by atoms with E-state index in [2.05, 4.69) is 16.0 Å². The van der Waals surface area contributed by atoms with Crippen molar-refractivity contribution in [2.75, 3.05) is 23.8 Å². The zero-order chi connectivity index (χ0) is 23.7. The molecule has 2 aromatic carbocycles. The molecule has 0 heterocycles. The third kappa shape index (κ3) is 9.07. The number of benzene rings is 2. The minimum absolute atomic E-state index is 0.0830. The molecule has 8 heteroatoms. The first-order chi connectivity index (χ1) is 15.0. The molecule has 3 N–H and O–H groups in total. The lowest BCUT2D eigenvalue weighted by atomic mass is 10.1. The minimum Gasteiger partial charge on any atom is -0.484 e. The van der Waals surface area contributed by atoms with Crippen molar-refractivity contribution in [2.45, 2.75) is 46.6 Å². The van der Waals surface area contributed by atoms with Gasteiger partial charge in [-0.1, -0.05) is 12.1 Å². The predicted octanol–water partition coefficient (Wildman–Crippen LogP) is 4.17. The van der Waals surface area contributed by atoms with Crippen molar-refractivity contribution in [2.24, 2.45) is 0 Å². The summed E-state index contributed by atoms with van der Waals surface area (Å²) in [5, 5.41) is 8.01. The standard InChI is InChI=1S/C24H31N3O5/c1-16-9-10-20(13-17(16)2)31-15-22(29)27-19-8-6-7-18(14-19)26-21(28)11-12-25-23(30)32-24(3,4)5/h6-10,13-14H,11-12,15H2,1-5H3,(H,25,30)(H,26,28)(H,27,29). The van der Waals surface area contributed by atoms with Crippen LogP contribution in [0.25, 0.3) is 0 Å². The number of carbonyl (C=O) groups excluding carboxylic acids is 3. The number of hydrogen-bond donors (Lipinski definition) is 3. The van der Waals surface area contributed by atoms with Crippen LogP contribution in [-0.4, -0.2) is 36.7 Å². The van der Waals surface area contributed by atoms with Gasteiger partial charge in [-0.3, -0.25) is 9.59 Å². The smallest absolute Gasteiger partial charge is 0.407 e. The van der Waals surface area contributed by atoms with Crippen LogP contribution in [0.4, 0.5) is 16.2 Å². The molecule has 0 fully saturated rings. The fourth-order valence-corrected chi connectivity index (χ4v) is 2.64. The molecule has 172 valence electrons. The van der Waals surface area contributed by atoms with E-state index in [0.717, 1.165) is 11.1 Å². The lowest BCUT2D eigenvalue weighted by Gasteiger charge is -2.19. The van der Waals surface area contributed by atoms with Crippen LogP contribution in [0.3, 0.4) is 0 Å². The van der Waals surface area contributed by atoms with E-state index in [9.17, 15) is 14.4 Å². The summed E-state index contributed by atoms with van der Waals surface area (Å²) in [6.07, 6.45) is -0.488. The third-order valence-electron chi connectivity index (χ3n) is 4.30. The molecular weight excluding hydrogens is 410 g/mol. The summed E-state index contributed by atoms with van der Waals surface area (Å²) >= 11 is 0. The Kier molecular flexibility index (Phi) is 8.63. The number of ether oxygens (including phenoxy) is 2. The van der Waals surface area contributed by atoms with E-state index < -0.39 is 11.7 Å². The molecule has 0 aliphatic rings. The number of nitrogens with one attached hydrogen (secondary N) is 3. The fraction of sp³-hybridized carbons (Fsp3) is 0.375. The van der Waals surface area contributed by atoms with E-state index in [1.54, 1.807) is 45.0 Å². The number of rotatable bonds is 8. The molecule has 0 saturated heterocycles. The topological polar surface area (TPSA) is 106 Å². The predicted molar refractivity (Wildman–Crippen MR) is 124 cm³/mol. The van der Waals surface area contributed by atoms with Gasteiger partial charge in [-0.15, -0.1) is 0 Å². The molecule has 0 atom stereocenters. The van der Waals surface area contributed by atoms with Crippen LogP contribution < -0.4 is 20.7 Å². The largest absolute Gasteiger partial charge is 0.484 e. The highest BCUT2D eigenvalue weighted by atomic mass is 16.6. The zero-order valence-electron chi connectivity index (χ0n) is 19.2. The Labute approximate surface area is 188 Å². The molecule has 0 aliphatic heterocycles. The Bertz CT molecular complexity index is 966. The van der Waals surface area contributed by atoms with E-state index in [-0.39, 0.29) is 31.4 Å². The van der Waals surface area contributed by atoms with Crippen molar-refractivity contribution in [3.63, 3.8) is 0 Å². The van der Waals surface area contributed by atoms with Crippen molar-refractivity contribution in [1.29, 1.82) is 0 Å². The summed E-state index contributed by atoms with van der Waals surface area (Å²) in [4.78, 5) is 35.9. The normalized spacial score (nSPS) is 10.8. The average Bonchev–Trinajstić information content (AvgIpc) is 2.68. The molecule has 0 radical (unpaired) electrons. The molecule has 3 amide bonds. The highest BCUT2D eigenvalue weighted by Crippen LogP contribution is 2.18. The number of carbonyl (C=O) groups is 3. The summed E-state index contributed by atoms with van der Waals surface area (Å²) in [6, 6.07) is 12.4. The second kappa shape index (κ2) is 11.2. The van der Waals surface area contributed by atoms with Crippen LogP contribution >= 0.6 is 0 Å². The molecule has 8 nitrogen and oxygen atoms in total.